The van der Waals surface area contributed by atoms with E-state index < -0.39 is 16.0 Å². The fourth-order valence-electron chi connectivity index (χ4n) is 2.76. The molecule has 0 N–H and O–H groups in total. The first-order valence-electron chi connectivity index (χ1n) is 8.95. The maximum atomic E-state index is 12.7. The summed E-state index contributed by atoms with van der Waals surface area (Å²) in [6, 6.07) is 14.8. The molecule has 1 heterocycles. The zero-order valence-electron chi connectivity index (χ0n) is 15.6. The van der Waals surface area contributed by atoms with E-state index in [0.717, 1.165) is 0 Å². The summed E-state index contributed by atoms with van der Waals surface area (Å²) >= 11 is 0. The highest BCUT2D eigenvalue weighted by Crippen LogP contribution is 2.19. The average molecular weight is 416 g/mol. The van der Waals surface area contributed by atoms with Gasteiger partial charge in [0.25, 0.3) is 0 Å². The fourth-order valence-corrected chi connectivity index (χ4v) is 4.24. The van der Waals surface area contributed by atoms with Crippen LogP contribution in [-0.4, -0.2) is 51.6 Å². The van der Waals surface area contributed by atoms with Gasteiger partial charge < -0.3 is 14.2 Å². The third kappa shape index (κ3) is 5.32. The van der Waals surface area contributed by atoms with Crippen LogP contribution in [0.4, 0.5) is 0 Å². The molecule has 0 saturated carbocycles. The molecule has 1 saturated heterocycles. The van der Waals surface area contributed by atoms with Crippen molar-refractivity contribution in [2.45, 2.75) is 11.5 Å². The number of benzene rings is 2. The maximum absolute atomic E-state index is 12.7. The molecule has 0 amide bonds. The topological polar surface area (TPSA) is 106 Å². The van der Waals surface area contributed by atoms with Crippen LogP contribution in [0.2, 0.25) is 0 Å². The average Bonchev–Trinajstić information content (AvgIpc) is 2.77. The minimum Gasteiger partial charge on any atom is -0.481 e. The number of nitrogens with zero attached hydrogens (tertiary/aromatic N) is 2. The van der Waals surface area contributed by atoms with E-state index in [0.29, 0.717) is 43.2 Å². The molecule has 2 aromatic rings. The van der Waals surface area contributed by atoms with Gasteiger partial charge in [-0.25, -0.2) is 13.2 Å². The number of nitriles is 1. The van der Waals surface area contributed by atoms with E-state index in [1.54, 1.807) is 36.4 Å². The summed E-state index contributed by atoms with van der Waals surface area (Å²) in [7, 11) is -3.62. The summed E-state index contributed by atoms with van der Waals surface area (Å²) in [5.74, 6) is -0.329. The predicted octanol–water partition coefficient (Wildman–Crippen LogP) is 1.70. The van der Waals surface area contributed by atoms with E-state index in [1.807, 2.05) is 6.07 Å². The minimum atomic E-state index is -3.62. The highest BCUT2D eigenvalue weighted by Gasteiger charge is 2.26. The van der Waals surface area contributed by atoms with Crippen molar-refractivity contribution in [3.05, 3.63) is 59.7 Å². The zero-order chi connectivity index (χ0) is 20.7. The first-order valence-corrected chi connectivity index (χ1v) is 10.4. The van der Waals surface area contributed by atoms with Crippen molar-refractivity contribution in [2.24, 2.45) is 0 Å². The van der Waals surface area contributed by atoms with Gasteiger partial charge in [0, 0.05) is 13.1 Å². The largest absolute Gasteiger partial charge is 0.481 e. The van der Waals surface area contributed by atoms with Crippen LogP contribution in [0.5, 0.6) is 5.75 Å². The lowest BCUT2D eigenvalue weighted by atomic mass is 10.2. The van der Waals surface area contributed by atoms with E-state index in [4.69, 9.17) is 19.5 Å². The van der Waals surface area contributed by atoms with Crippen LogP contribution in [0, 0.1) is 11.3 Å². The van der Waals surface area contributed by atoms with E-state index in [1.165, 1.54) is 16.4 Å². The molecule has 0 bridgehead atoms. The van der Waals surface area contributed by atoms with Gasteiger partial charge in [0.05, 0.1) is 23.7 Å². The Kier molecular flexibility index (Phi) is 6.82. The monoisotopic (exact) mass is 416 g/mol. The Labute approximate surface area is 169 Å². The van der Waals surface area contributed by atoms with Gasteiger partial charge in [-0.15, -0.1) is 0 Å². The first-order chi connectivity index (χ1) is 14.0. The number of hydrogen-bond acceptors (Lipinski definition) is 7. The van der Waals surface area contributed by atoms with E-state index in [2.05, 4.69) is 0 Å². The smallest absolute Gasteiger partial charge is 0.344 e. The molecule has 1 fully saturated rings. The van der Waals surface area contributed by atoms with Crippen molar-refractivity contribution in [3.8, 4) is 11.8 Å². The molecular formula is C20H20N2O6S. The summed E-state index contributed by atoms with van der Waals surface area (Å²) < 4.78 is 42.5. The Bertz CT molecular complexity index is 1010. The molecule has 0 spiro atoms. The highest BCUT2D eigenvalue weighted by molar-refractivity contribution is 7.89. The number of carbonyl (C=O) groups excluding carboxylic acids is 1. The van der Waals surface area contributed by atoms with Gasteiger partial charge in [-0.3, -0.25) is 0 Å². The quantitative estimate of drug-likeness (QED) is 0.633. The number of morpholine rings is 1. The van der Waals surface area contributed by atoms with Gasteiger partial charge in [0.1, 0.15) is 18.4 Å². The number of hydrogen-bond donors (Lipinski definition) is 0. The minimum absolute atomic E-state index is 0.0887. The van der Waals surface area contributed by atoms with Crippen LogP contribution in [0.25, 0.3) is 0 Å². The van der Waals surface area contributed by atoms with E-state index in [-0.39, 0.29) is 18.1 Å². The van der Waals surface area contributed by atoms with Crippen LogP contribution in [0.15, 0.2) is 53.4 Å². The molecule has 3 rings (SSSR count). The third-order valence-electron chi connectivity index (χ3n) is 4.26. The number of carbonyl (C=O) groups is 1. The SMILES string of the molecule is N#Cc1ccccc1OCC(=O)OCc1cccc(S(=O)(=O)N2CCOCC2)c1. The Morgan fingerprint density at radius 1 is 1.14 bits per heavy atom. The van der Waals surface area contributed by atoms with Crippen molar-refractivity contribution in [1.29, 1.82) is 5.26 Å². The van der Waals surface area contributed by atoms with E-state index in [9.17, 15) is 13.2 Å². The number of sulfonamides is 1. The molecule has 0 radical (unpaired) electrons. The second-order valence-electron chi connectivity index (χ2n) is 6.22. The Morgan fingerprint density at radius 2 is 1.90 bits per heavy atom. The van der Waals surface area contributed by atoms with Crippen molar-refractivity contribution in [2.75, 3.05) is 32.9 Å². The van der Waals surface area contributed by atoms with Gasteiger partial charge in [-0.2, -0.15) is 9.57 Å². The summed E-state index contributed by atoms with van der Waals surface area (Å²) in [6.45, 7) is 0.905. The molecule has 1 aliphatic rings. The van der Waals surface area contributed by atoms with Crippen LogP contribution >= 0.6 is 0 Å². The molecule has 152 valence electrons. The van der Waals surface area contributed by atoms with Crippen molar-refractivity contribution in [1.82, 2.24) is 4.31 Å². The number of rotatable bonds is 7. The molecule has 0 unspecified atom stereocenters. The third-order valence-corrected chi connectivity index (χ3v) is 6.15. The number of ether oxygens (including phenoxy) is 3. The molecule has 9 heteroatoms. The summed E-state index contributed by atoms with van der Waals surface area (Å²) in [6.07, 6.45) is 0. The first kappa shape index (κ1) is 20.8. The van der Waals surface area contributed by atoms with Gasteiger partial charge >= 0.3 is 5.97 Å². The zero-order valence-corrected chi connectivity index (χ0v) is 16.4. The molecule has 0 aliphatic carbocycles. The van der Waals surface area contributed by atoms with Crippen molar-refractivity contribution < 1.29 is 27.4 Å². The molecule has 8 nitrogen and oxygen atoms in total. The summed E-state index contributed by atoms with van der Waals surface area (Å²) in [5, 5.41) is 9.02. The van der Waals surface area contributed by atoms with Gasteiger partial charge in [-0.05, 0) is 29.8 Å². The Balaban J connectivity index is 1.57. The van der Waals surface area contributed by atoms with Crippen molar-refractivity contribution >= 4 is 16.0 Å². The standard InChI is InChI=1S/C20H20N2O6S/c21-13-17-5-1-2-7-19(17)27-15-20(23)28-14-16-4-3-6-18(12-16)29(24,25)22-8-10-26-11-9-22/h1-7,12H,8-11,14-15H2. The Morgan fingerprint density at radius 3 is 2.66 bits per heavy atom. The lowest BCUT2D eigenvalue weighted by Gasteiger charge is -2.26. The maximum Gasteiger partial charge on any atom is 0.344 e. The van der Waals surface area contributed by atoms with Crippen LogP contribution in [-0.2, 0) is 30.9 Å². The Hall–Kier alpha value is -2.93. The summed E-state index contributed by atoms with van der Waals surface area (Å²) in [4.78, 5) is 12.1. The number of esters is 1. The molecule has 2 aromatic carbocycles. The van der Waals surface area contributed by atoms with Gasteiger partial charge in [0.2, 0.25) is 10.0 Å². The van der Waals surface area contributed by atoms with Gasteiger partial charge in [-0.1, -0.05) is 24.3 Å². The van der Waals surface area contributed by atoms with Crippen molar-refractivity contribution in [3.63, 3.8) is 0 Å². The second-order valence-corrected chi connectivity index (χ2v) is 8.16. The predicted molar refractivity (Wildman–Crippen MR) is 102 cm³/mol. The molecule has 29 heavy (non-hydrogen) atoms. The fraction of sp³-hybridized carbons (Fsp3) is 0.300. The normalized spacial score (nSPS) is 14.7. The lowest BCUT2D eigenvalue weighted by Crippen LogP contribution is -2.40. The van der Waals surface area contributed by atoms with Gasteiger partial charge in [0.15, 0.2) is 6.61 Å². The molecule has 1 aliphatic heterocycles. The van der Waals surface area contributed by atoms with Crippen LogP contribution < -0.4 is 4.74 Å². The number of para-hydroxylation sites is 1. The second kappa shape index (κ2) is 9.52. The van der Waals surface area contributed by atoms with E-state index >= 15 is 0 Å². The van der Waals surface area contributed by atoms with Crippen LogP contribution in [0.1, 0.15) is 11.1 Å². The molecular weight excluding hydrogens is 396 g/mol. The molecule has 0 atom stereocenters. The summed E-state index contributed by atoms with van der Waals surface area (Å²) in [5.41, 5.74) is 0.867. The lowest BCUT2D eigenvalue weighted by molar-refractivity contribution is -0.147. The van der Waals surface area contributed by atoms with Crippen LogP contribution in [0.3, 0.4) is 0 Å². The molecule has 0 aromatic heterocycles. The highest BCUT2D eigenvalue weighted by atomic mass is 32.2.